The summed E-state index contributed by atoms with van der Waals surface area (Å²) in [6, 6.07) is 14.8. The van der Waals surface area contributed by atoms with Gasteiger partial charge in [0.05, 0.1) is 24.7 Å². The van der Waals surface area contributed by atoms with E-state index in [0.717, 1.165) is 11.4 Å². The lowest BCUT2D eigenvalue weighted by Crippen LogP contribution is -2.52. The van der Waals surface area contributed by atoms with Gasteiger partial charge < -0.3 is 19.3 Å². The van der Waals surface area contributed by atoms with Crippen molar-refractivity contribution < 1.29 is 22.7 Å². The van der Waals surface area contributed by atoms with E-state index in [1.807, 2.05) is 24.3 Å². The van der Waals surface area contributed by atoms with Crippen LogP contribution in [0, 0.1) is 0 Å². The molecule has 2 aliphatic rings. The standard InChI is InChI=1S/C22H27N3O5S/c1-29-19-9-5-3-7-17(19)23-13-15-24(16-14-23)22(26)21-11-12-25(31(2,27)28)18-8-4-6-10-20(18)30-21/h3-10,21H,11-16H2,1-2H3. The van der Waals surface area contributed by atoms with Crippen LogP contribution in [0.15, 0.2) is 48.5 Å². The van der Waals surface area contributed by atoms with Gasteiger partial charge in [0.2, 0.25) is 10.0 Å². The molecular formula is C22H27N3O5S. The molecule has 1 fully saturated rings. The predicted octanol–water partition coefficient (Wildman–Crippen LogP) is 1.96. The summed E-state index contributed by atoms with van der Waals surface area (Å²) < 4.78 is 37.3. The molecule has 9 heteroatoms. The number of amides is 1. The molecule has 1 saturated heterocycles. The molecule has 1 unspecified atom stereocenters. The number of sulfonamides is 1. The number of hydrogen-bond donors (Lipinski definition) is 0. The van der Waals surface area contributed by atoms with E-state index in [-0.39, 0.29) is 12.5 Å². The Morgan fingerprint density at radius 2 is 1.61 bits per heavy atom. The van der Waals surface area contributed by atoms with Gasteiger partial charge in [-0.3, -0.25) is 9.10 Å². The first-order valence-corrected chi connectivity index (χ1v) is 12.1. The van der Waals surface area contributed by atoms with Crippen LogP contribution in [0.5, 0.6) is 11.5 Å². The number of benzene rings is 2. The number of nitrogens with zero attached hydrogens (tertiary/aromatic N) is 3. The molecule has 166 valence electrons. The molecule has 0 bridgehead atoms. The molecule has 0 N–H and O–H groups in total. The Bertz CT molecular complexity index is 1050. The number of para-hydroxylation sites is 4. The summed E-state index contributed by atoms with van der Waals surface area (Å²) in [5.41, 5.74) is 1.49. The van der Waals surface area contributed by atoms with Crippen LogP contribution in [0.2, 0.25) is 0 Å². The normalized spacial score (nSPS) is 19.3. The highest BCUT2D eigenvalue weighted by molar-refractivity contribution is 7.92. The minimum Gasteiger partial charge on any atom is -0.495 e. The zero-order valence-corrected chi connectivity index (χ0v) is 18.5. The highest BCUT2D eigenvalue weighted by atomic mass is 32.2. The van der Waals surface area contributed by atoms with Crippen molar-refractivity contribution in [1.29, 1.82) is 0 Å². The number of piperazine rings is 1. The van der Waals surface area contributed by atoms with Crippen molar-refractivity contribution in [3.8, 4) is 11.5 Å². The Kier molecular flexibility index (Phi) is 5.95. The molecule has 2 heterocycles. The molecule has 2 aromatic carbocycles. The molecule has 4 rings (SSSR count). The molecule has 0 aliphatic carbocycles. The molecular weight excluding hydrogens is 418 g/mol. The number of fused-ring (bicyclic) bond motifs is 1. The first-order valence-electron chi connectivity index (χ1n) is 10.3. The minimum absolute atomic E-state index is 0.107. The summed E-state index contributed by atoms with van der Waals surface area (Å²) >= 11 is 0. The zero-order valence-electron chi connectivity index (χ0n) is 17.7. The summed E-state index contributed by atoms with van der Waals surface area (Å²) in [7, 11) is -1.82. The third-order valence-corrected chi connectivity index (χ3v) is 6.87. The van der Waals surface area contributed by atoms with Gasteiger partial charge in [0.15, 0.2) is 6.10 Å². The van der Waals surface area contributed by atoms with E-state index in [1.54, 1.807) is 36.3 Å². The maximum absolute atomic E-state index is 13.2. The van der Waals surface area contributed by atoms with Crippen LogP contribution in [0.1, 0.15) is 6.42 Å². The molecule has 0 spiro atoms. The predicted molar refractivity (Wildman–Crippen MR) is 119 cm³/mol. The fourth-order valence-electron chi connectivity index (χ4n) is 4.11. The van der Waals surface area contributed by atoms with E-state index in [1.165, 1.54) is 10.6 Å². The Morgan fingerprint density at radius 3 is 2.29 bits per heavy atom. The van der Waals surface area contributed by atoms with Crippen LogP contribution in [-0.2, 0) is 14.8 Å². The van der Waals surface area contributed by atoms with Crippen molar-refractivity contribution in [2.45, 2.75) is 12.5 Å². The van der Waals surface area contributed by atoms with E-state index in [4.69, 9.17) is 9.47 Å². The van der Waals surface area contributed by atoms with E-state index >= 15 is 0 Å². The number of carbonyl (C=O) groups excluding carboxylic acids is 1. The quantitative estimate of drug-likeness (QED) is 0.716. The summed E-state index contributed by atoms with van der Waals surface area (Å²) in [5.74, 6) is 1.12. The van der Waals surface area contributed by atoms with Crippen LogP contribution >= 0.6 is 0 Å². The fourth-order valence-corrected chi connectivity index (χ4v) is 5.06. The van der Waals surface area contributed by atoms with Crippen LogP contribution in [0.25, 0.3) is 0 Å². The van der Waals surface area contributed by atoms with Crippen molar-refractivity contribution in [1.82, 2.24) is 4.90 Å². The monoisotopic (exact) mass is 445 g/mol. The summed E-state index contributed by atoms with van der Waals surface area (Å²) in [6.45, 7) is 2.70. The van der Waals surface area contributed by atoms with E-state index in [9.17, 15) is 13.2 Å². The van der Waals surface area contributed by atoms with Crippen molar-refractivity contribution in [2.75, 3.05) is 55.3 Å². The van der Waals surface area contributed by atoms with Gasteiger partial charge in [-0.25, -0.2) is 8.42 Å². The Balaban J connectivity index is 1.46. The lowest BCUT2D eigenvalue weighted by molar-refractivity contribution is -0.139. The molecule has 0 aromatic heterocycles. The number of ether oxygens (including phenoxy) is 2. The van der Waals surface area contributed by atoms with Gasteiger partial charge in [0, 0.05) is 39.1 Å². The highest BCUT2D eigenvalue weighted by Crippen LogP contribution is 2.34. The van der Waals surface area contributed by atoms with Crippen molar-refractivity contribution >= 4 is 27.3 Å². The second-order valence-corrected chi connectivity index (χ2v) is 9.59. The number of rotatable bonds is 4. The van der Waals surface area contributed by atoms with Crippen LogP contribution < -0.4 is 18.7 Å². The van der Waals surface area contributed by atoms with Gasteiger partial charge in [0.1, 0.15) is 11.5 Å². The van der Waals surface area contributed by atoms with Crippen LogP contribution in [-0.4, -0.2) is 71.4 Å². The Morgan fingerprint density at radius 1 is 0.968 bits per heavy atom. The molecule has 31 heavy (non-hydrogen) atoms. The maximum atomic E-state index is 13.2. The van der Waals surface area contributed by atoms with Gasteiger partial charge in [0.25, 0.3) is 5.91 Å². The summed E-state index contributed by atoms with van der Waals surface area (Å²) in [6.07, 6.45) is 0.752. The lowest BCUT2D eigenvalue weighted by Gasteiger charge is -2.37. The molecule has 1 amide bonds. The molecule has 1 atom stereocenters. The third kappa shape index (κ3) is 4.41. The fraction of sp³-hybridized carbons (Fsp3) is 0.409. The summed E-state index contributed by atoms with van der Waals surface area (Å²) in [4.78, 5) is 17.2. The number of methoxy groups -OCH3 is 1. The molecule has 0 radical (unpaired) electrons. The van der Waals surface area contributed by atoms with Crippen LogP contribution in [0.4, 0.5) is 11.4 Å². The van der Waals surface area contributed by atoms with Crippen LogP contribution in [0.3, 0.4) is 0 Å². The Hall–Kier alpha value is -2.94. The number of anilines is 2. The average molecular weight is 446 g/mol. The molecule has 2 aromatic rings. The first-order chi connectivity index (χ1) is 14.9. The molecule has 8 nitrogen and oxygen atoms in total. The Labute approximate surface area is 183 Å². The van der Waals surface area contributed by atoms with E-state index in [2.05, 4.69) is 4.90 Å². The maximum Gasteiger partial charge on any atom is 0.263 e. The highest BCUT2D eigenvalue weighted by Gasteiger charge is 2.34. The van der Waals surface area contributed by atoms with E-state index in [0.29, 0.717) is 44.0 Å². The van der Waals surface area contributed by atoms with Gasteiger partial charge in [-0.2, -0.15) is 0 Å². The van der Waals surface area contributed by atoms with Gasteiger partial charge in [-0.1, -0.05) is 24.3 Å². The molecule has 0 saturated carbocycles. The van der Waals surface area contributed by atoms with E-state index < -0.39 is 16.1 Å². The number of hydrogen-bond acceptors (Lipinski definition) is 6. The SMILES string of the molecule is COc1ccccc1N1CCN(C(=O)C2CCN(S(C)(=O)=O)c3ccccc3O2)CC1. The molecule has 2 aliphatic heterocycles. The zero-order chi connectivity index (χ0) is 22.0. The second-order valence-electron chi connectivity index (χ2n) is 7.68. The van der Waals surface area contributed by atoms with Gasteiger partial charge in [-0.05, 0) is 24.3 Å². The van der Waals surface area contributed by atoms with Gasteiger partial charge in [-0.15, -0.1) is 0 Å². The second kappa shape index (κ2) is 8.66. The third-order valence-electron chi connectivity index (χ3n) is 5.69. The topological polar surface area (TPSA) is 79.4 Å². The first kappa shape index (κ1) is 21.3. The van der Waals surface area contributed by atoms with Crippen molar-refractivity contribution in [3.05, 3.63) is 48.5 Å². The minimum atomic E-state index is -3.47. The van der Waals surface area contributed by atoms with Crippen molar-refractivity contribution in [3.63, 3.8) is 0 Å². The lowest BCUT2D eigenvalue weighted by atomic mass is 10.2. The average Bonchev–Trinajstić information content (AvgIpc) is 2.98. The largest absolute Gasteiger partial charge is 0.495 e. The van der Waals surface area contributed by atoms with Crippen molar-refractivity contribution in [2.24, 2.45) is 0 Å². The smallest absolute Gasteiger partial charge is 0.263 e. The number of carbonyl (C=O) groups is 1. The van der Waals surface area contributed by atoms with Gasteiger partial charge >= 0.3 is 0 Å². The summed E-state index contributed by atoms with van der Waals surface area (Å²) in [5, 5.41) is 0.